The molecule has 2 fully saturated rings. The van der Waals surface area contributed by atoms with Gasteiger partial charge in [0, 0.05) is 18.7 Å². The molecule has 384 valence electrons. The maximum atomic E-state index is 14.3. The average Bonchev–Trinajstić information content (AvgIpc) is 4.06. The minimum Gasteiger partial charge on any atom is -0.370 e. The van der Waals surface area contributed by atoms with Gasteiger partial charge in [-0.2, -0.15) is 0 Å². The van der Waals surface area contributed by atoms with Gasteiger partial charge in [-0.25, -0.2) is 0 Å². The highest BCUT2D eigenvalue weighted by molar-refractivity contribution is 5.95. The van der Waals surface area contributed by atoms with Crippen LogP contribution in [-0.4, -0.2) is 134 Å². The van der Waals surface area contributed by atoms with Gasteiger partial charge >= 0.3 is 0 Å². The number of likely N-dealkylation sites (tertiary alicyclic amines) is 2. The van der Waals surface area contributed by atoms with Crippen LogP contribution >= 0.6 is 24.8 Å². The quantitative estimate of drug-likeness (QED) is 0.113. The van der Waals surface area contributed by atoms with E-state index in [9.17, 15) is 28.8 Å². The Kier molecular flexibility index (Phi) is 22.7. The van der Waals surface area contributed by atoms with Crippen molar-refractivity contribution in [2.24, 2.45) is 0 Å². The number of halogens is 2. The number of likely N-dealkylation sites (N-methyl/N-ethyl adjacent to an activating group) is 2. The van der Waals surface area contributed by atoms with Gasteiger partial charge in [-0.3, -0.25) is 28.8 Å². The molecule has 70 heavy (non-hydrogen) atoms. The minimum absolute atomic E-state index is 0. The summed E-state index contributed by atoms with van der Waals surface area (Å²) in [5.41, 5.74) is 5.04. The van der Waals surface area contributed by atoms with Crippen LogP contribution in [0.15, 0.2) is 60.7 Å². The molecular weight excluding hydrogens is 936 g/mol. The van der Waals surface area contributed by atoms with Gasteiger partial charge in [-0.05, 0) is 128 Å². The molecular formula is C52H74Cl2N8O8. The lowest BCUT2D eigenvalue weighted by atomic mass is 9.87. The number of ether oxygens (including phenoxy) is 2. The highest BCUT2D eigenvalue weighted by atomic mass is 35.5. The smallest absolute Gasteiger partial charge is 0.248 e. The molecule has 0 aromatic heterocycles. The first kappa shape index (κ1) is 57.6. The number of aryl methyl sites for hydroxylation is 2. The van der Waals surface area contributed by atoms with Crippen molar-refractivity contribution < 1.29 is 38.2 Å². The van der Waals surface area contributed by atoms with Crippen LogP contribution in [0.5, 0.6) is 0 Å². The van der Waals surface area contributed by atoms with Crippen LogP contribution in [-0.2, 0) is 51.1 Å². The molecule has 0 bridgehead atoms. The summed E-state index contributed by atoms with van der Waals surface area (Å²) >= 11 is 0. The Bertz CT molecular complexity index is 2220. The second kappa shape index (κ2) is 27.5. The van der Waals surface area contributed by atoms with Crippen molar-refractivity contribution in [1.82, 2.24) is 41.7 Å². The monoisotopic (exact) mass is 1010 g/mol. The third-order valence-corrected chi connectivity index (χ3v) is 14.0. The molecule has 18 heteroatoms. The summed E-state index contributed by atoms with van der Waals surface area (Å²) in [5.74, 6) is 3.81. The van der Waals surface area contributed by atoms with Crippen LogP contribution in [0.1, 0.15) is 113 Å². The Morgan fingerprint density at radius 3 is 1.51 bits per heavy atom. The average molecular weight is 1010 g/mol. The molecule has 2 aromatic carbocycles. The topological polar surface area (TPSA) is 200 Å². The largest absolute Gasteiger partial charge is 0.370 e. The molecule has 6 rings (SSSR count). The van der Waals surface area contributed by atoms with Crippen molar-refractivity contribution in [2.75, 3.05) is 40.4 Å². The van der Waals surface area contributed by atoms with E-state index >= 15 is 0 Å². The van der Waals surface area contributed by atoms with E-state index in [2.05, 4.69) is 62.5 Å². The van der Waals surface area contributed by atoms with Gasteiger partial charge in [0.1, 0.15) is 30.8 Å². The van der Waals surface area contributed by atoms with Crippen molar-refractivity contribution in [3.05, 3.63) is 82.9 Å². The summed E-state index contributed by atoms with van der Waals surface area (Å²) in [5, 5.41) is 18.0. The minimum atomic E-state index is -1.10. The number of carbonyl (C=O) groups excluding carboxylic acids is 6. The zero-order valence-corrected chi connectivity index (χ0v) is 43.1. The van der Waals surface area contributed by atoms with E-state index in [1.54, 1.807) is 51.6 Å². The summed E-state index contributed by atoms with van der Waals surface area (Å²) in [4.78, 5) is 85.7. The van der Waals surface area contributed by atoms with E-state index in [0.29, 0.717) is 44.3 Å². The van der Waals surface area contributed by atoms with Crippen molar-refractivity contribution in [3.63, 3.8) is 0 Å². The number of carbonyl (C=O) groups is 6. The Balaban J connectivity index is 0.00000533. The standard InChI is InChI=1S/C52H72N8O8.2ClH/c1-32(31-68-36(5)46(58-48(62)34(3)54-7)52(66)60-29-15-27-44(60)50(64)56-42-25-13-21-38-19-9-11-23-40(38)42)17-16-30-67-35(4)45(57-47(61)33(2)53-6)51(65)59-28-14-26-43(59)49(63)55-41-24-12-20-37-18-8-10-22-39(37)41;;/h8-11,18-19,22-23,33-36,41-46,53-54H,1,12-15,20-21,24-31H2,2-7H3,(H,55,63)(H,56,64)(H,57,61)(H,58,62);2*1H/t33-,34-,35+,36+,41+,42+,43-,44-,45-,46-;;/m0../s1. The Morgan fingerprint density at radius 1 is 0.643 bits per heavy atom. The van der Waals surface area contributed by atoms with E-state index in [1.807, 2.05) is 36.4 Å². The van der Waals surface area contributed by atoms with Crippen LogP contribution in [0.25, 0.3) is 0 Å². The van der Waals surface area contributed by atoms with E-state index in [1.165, 1.54) is 11.1 Å². The molecule has 4 aliphatic rings. The van der Waals surface area contributed by atoms with E-state index in [0.717, 1.165) is 49.7 Å². The van der Waals surface area contributed by atoms with Crippen molar-refractivity contribution in [3.8, 4) is 11.8 Å². The molecule has 6 N–H and O–H groups in total. The van der Waals surface area contributed by atoms with E-state index < -0.39 is 72.1 Å². The van der Waals surface area contributed by atoms with Gasteiger partial charge in [0.05, 0.1) is 43.0 Å². The fourth-order valence-electron chi connectivity index (χ4n) is 9.68. The number of rotatable bonds is 19. The van der Waals surface area contributed by atoms with Gasteiger partial charge in [-0.1, -0.05) is 67.0 Å². The lowest BCUT2D eigenvalue weighted by Crippen LogP contribution is -2.59. The normalized spacial score (nSPS) is 21.7. The van der Waals surface area contributed by atoms with E-state index in [-0.39, 0.29) is 61.9 Å². The molecule has 0 spiro atoms. The zero-order chi connectivity index (χ0) is 48.9. The number of amides is 6. The summed E-state index contributed by atoms with van der Waals surface area (Å²) < 4.78 is 12.2. The molecule has 6 amide bonds. The molecule has 2 saturated heterocycles. The zero-order valence-electron chi connectivity index (χ0n) is 41.5. The van der Waals surface area contributed by atoms with Crippen molar-refractivity contribution in [2.45, 2.75) is 152 Å². The Labute approximate surface area is 426 Å². The lowest BCUT2D eigenvalue weighted by Gasteiger charge is -2.33. The second-order valence-electron chi connectivity index (χ2n) is 18.6. The van der Waals surface area contributed by atoms with Crippen LogP contribution in [0.2, 0.25) is 0 Å². The SMILES string of the molecule is C=C(C#CCO[C@H](C)[C@H](NC(=O)[C@H](C)NC)C(=O)N1CCC[C@H]1C(=O)N[C@@H]1CCCc2ccccc21)CO[C@H](C)[C@H](NC(=O)[C@H](C)NC)C(=O)N1CCC[C@H]1C(=O)N[C@@H]1CCCc2ccccc21.Cl.Cl. The highest BCUT2D eigenvalue weighted by Crippen LogP contribution is 2.32. The molecule has 2 aromatic rings. The summed E-state index contributed by atoms with van der Waals surface area (Å²) in [6.07, 6.45) is 6.13. The molecule has 0 saturated carbocycles. The first-order valence-electron chi connectivity index (χ1n) is 24.4. The second-order valence-corrected chi connectivity index (χ2v) is 18.6. The van der Waals surface area contributed by atoms with Crippen LogP contribution in [0.3, 0.4) is 0 Å². The van der Waals surface area contributed by atoms with Gasteiger partial charge in [-0.15, -0.1) is 24.8 Å². The van der Waals surface area contributed by atoms with Gasteiger partial charge in [0.2, 0.25) is 35.4 Å². The fourth-order valence-corrected chi connectivity index (χ4v) is 9.68. The third kappa shape index (κ3) is 14.5. The van der Waals surface area contributed by atoms with Crippen molar-refractivity contribution in [1.29, 1.82) is 0 Å². The number of benzene rings is 2. The third-order valence-electron chi connectivity index (χ3n) is 14.0. The summed E-state index contributed by atoms with van der Waals surface area (Å²) in [6, 6.07) is 11.2. The molecule has 16 nitrogen and oxygen atoms in total. The maximum Gasteiger partial charge on any atom is 0.248 e. The molecule has 2 aliphatic heterocycles. The Hall–Kier alpha value is -5.02. The molecule has 0 radical (unpaired) electrons. The van der Waals surface area contributed by atoms with Crippen LogP contribution < -0.4 is 31.9 Å². The molecule has 0 unspecified atom stereocenters. The summed E-state index contributed by atoms with van der Waals surface area (Å²) in [7, 11) is 3.30. The summed E-state index contributed by atoms with van der Waals surface area (Å²) in [6.45, 7) is 11.3. The predicted octanol–water partition coefficient (Wildman–Crippen LogP) is 3.75. The lowest BCUT2D eigenvalue weighted by molar-refractivity contribution is -0.145. The number of hydrogen-bond donors (Lipinski definition) is 6. The Morgan fingerprint density at radius 2 is 1.07 bits per heavy atom. The van der Waals surface area contributed by atoms with E-state index in [4.69, 9.17) is 9.47 Å². The number of nitrogens with one attached hydrogen (secondary N) is 6. The first-order chi connectivity index (χ1) is 32.7. The van der Waals surface area contributed by atoms with Crippen LogP contribution in [0, 0.1) is 11.8 Å². The number of hydrogen-bond acceptors (Lipinski definition) is 10. The fraction of sp³-hybridized carbons (Fsp3) is 0.577. The number of nitrogens with zero attached hydrogens (tertiary/aromatic N) is 2. The predicted molar refractivity (Wildman–Crippen MR) is 273 cm³/mol. The number of fused-ring (bicyclic) bond motifs is 2. The molecule has 2 aliphatic carbocycles. The molecule has 2 heterocycles. The van der Waals surface area contributed by atoms with Crippen molar-refractivity contribution >= 4 is 60.3 Å². The molecule has 10 atom stereocenters. The maximum absolute atomic E-state index is 14.3. The van der Waals surface area contributed by atoms with Gasteiger partial charge in [0.15, 0.2) is 0 Å². The van der Waals surface area contributed by atoms with Gasteiger partial charge < -0.3 is 51.2 Å². The van der Waals surface area contributed by atoms with Crippen LogP contribution in [0.4, 0.5) is 0 Å². The van der Waals surface area contributed by atoms with Gasteiger partial charge in [0.25, 0.3) is 0 Å². The first-order valence-corrected chi connectivity index (χ1v) is 24.4. The highest BCUT2D eigenvalue weighted by Gasteiger charge is 2.43.